The molecule has 1 heterocycles. The van der Waals surface area contributed by atoms with Gasteiger partial charge >= 0.3 is 5.97 Å². The summed E-state index contributed by atoms with van der Waals surface area (Å²) >= 11 is 5.20. The minimum absolute atomic E-state index is 0.163. The minimum Gasteiger partial charge on any atom is -0.461 e. The van der Waals surface area contributed by atoms with Gasteiger partial charge < -0.3 is 4.74 Å². The predicted octanol–water partition coefficient (Wildman–Crippen LogP) is 2.47. The highest BCUT2D eigenvalue weighted by Crippen LogP contribution is 2.14. The van der Waals surface area contributed by atoms with Gasteiger partial charge in [-0.15, -0.1) is 0 Å². The van der Waals surface area contributed by atoms with Gasteiger partial charge in [-0.25, -0.2) is 4.79 Å². The van der Waals surface area contributed by atoms with Crippen molar-refractivity contribution >= 4 is 29.1 Å². The van der Waals surface area contributed by atoms with Gasteiger partial charge in [0, 0.05) is 5.39 Å². The Morgan fingerprint density at radius 1 is 1.50 bits per heavy atom. The zero-order chi connectivity index (χ0) is 11.5. The van der Waals surface area contributed by atoms with Crippen LogP contribution >= 0.6 is 12.2 Å². The molecule has 2 aromatic rings. The second-order valence-electron chi connectivity index (χ2n) is 3.17. The van der Waals surface area contributed by atoms with E-state index in [0.717, 1.165) is 10.9 Å². The number of aromatic amines is 1. The average Bonchev–Trinajstić information content (AvgIpc) is 2.30. The average molecular weight is 234 g/mol. The molecule has 1 aromatic heterocycles. The van der Waals surface area contributed by atoms with Crippen LogP contribution in [0.25, 0.3) is 10.9 Å². The monoisotopic (exact) mass is 234 g/mol. The number of hydrogen-bond donors (Lipinski definition) is 1. The lowest BCUT2D eigenvalue weighted by atomic mass is 10.2. The smallest absolute Gasteiger partial charge is 0.360 e. The first kappa shape index (κ1) is 10.8. The molecule has 0 aliphatic rings. The quantitative estimate of drug-likeness (QED) is 0.640. The van der Waals surface area contributed by atoms with Crippen molar-refractivity contribution < 1.29 is 9.53 Å². The zero-order valence-electron chi connectivity index (χ0n) is 8.69. The highest BCUT2D eigenvalue weighted by atomic mass is 32.1. The van der Waals surface area contributed by atoms with Crippen LogP contribution in [0.4, 0.5) is 0 Å². The van der Waals surface area contributed by atoms with E-state index in [0.29, 0.717) is 11.1 Å². The van der Waals surface area contributed by atoms with Crippen molar-refractivity contribution in [2.45, 2.75) is 6.92 Å². The number of esters is 1. The number of benzene rings is 1. The molecule has 0 aliphatic carbocycles. The van der Waals surface area contributed by atoms with Crippen molar-refractivity contribution in [3.05, 3.63) is 34.5 Å². The van der Waals surface area contributed by atoms with E-state index in [1.165, 1.54) is 0 Å². The van der Waals surface area contributed by atoms with Crippen LogP contribution in [-0.4, -0.2) is 22.8 Å². The molecule has 0 amide bonds. The van der Waals surface area contributed by atoms with Crippen molar-refractivity contribution in [1.29, 1.82) is 0 Å². The Labute approximate surface area is 97.2 Å². The number of carbonyl (C=O) groups is 1. The van der Waals surface area contributed by atoms with E-state index in [9.17, 15) is 4.79 Å². The van der Waals surface area contributed by atoms with Crippen molar-refractivity contribution in [2.24, 2.45) is 0 Å². The molecule has 0 aliphatic heterocycles. The summed E-state index contributed by atoms with van der Waals surface area (Å²) in [5.41, 5.74) is 0.969. The molecule has 82 valence electrons. The molecule has 16 heavy (non-hydrogen) atoms. The molecular weight excluding hydrogens is 224 g/mol. The summed E-state index contributed by atoms with van der Waals surface area (Å²) in [6.07, 6.45) is 0. The number of rotatable bonds is 2. The molecule has 0 bridgehead atoms. The highest BCUT2D eigenvalue weighted by molar-refractivity contribution is 7.71. The third kappa shape index (κ3) is 1.81. The normalized spacial score (nSPS) is 10.3. The van der Waals surface area contributed by atoms with Gasteiger partial charge in [0.25, 0.3) is 0 Å². The summed E-state index contributed by atoms with van der Waals surface area (Å²) in [6.45, 7) is 2.05. The Morgan fingerprint density at radius 3 is 3.00 bits per heavy atom. The maximum atomic E-state index is 11.5. The molecule has 0 saturated carbocycles. The fourth-order valence-electron chi connectivity index (χ4n) is 1.41. The predicted molar refractivity (Wildman–Crippen MR) is 62.9 cm³/mol. The third-order valence-corrected chi connectivity index (χ3v) is 2.56. The van der Waals surface area contributed by atoms with Gasteiger partial charge in [-0.05, 0) is 13.0 Å². The number of para-hydroxylation sites is 1. The van der Waals surface area contributed by atoms with Crippen molar-refractivity contribution in [1.82, 2.24) is 10.2 Å². The fourth-order valence-corrected chi connectivity index (χ4v) is 1.72. The number of fused-ring (bicyclic) bond motifs is 1. The van der Waals surface area contributed by atoms with Gasteiger partial charge in [-0.2, -0.15) is 5.10 Å². The van der Waals surface area contributed by atoms with Gasteiger partial charge in [0.05, 0.1) is 16.6 Å². The van der Waals surface area contributed by atoms with Crippen LogP contribution in [0.3, 0.4) is 0 Å². The Bertz CT molecular complexity index is 592. The van der Waals surface area contributed by atoms with Crippen LogP contribution in [0.15, 0.2) is 24.3 Å². The maximum Gasteiger partial charge on any atom is 0.360 e. The minimum atomic E-state index is -0.491. The number of ether oxygens (including phenoxy) is 1. The van der Waals surface area contributed by atoms with Crippen molar-refractivity contribution in [3.8, 4) is 0 Å². The van der Waals surface area contributed by atoms with E-state index in [1.54, 1.807) is 6.92 Å². The van der Waals surface area contributed by atoms with Gasteiger partial charge in [0.15, 0.2) is 5.69 Å². The molecule has 5 heteroatoms. The van der Waals surface area contributed by atoms with E-state index in [1.807, 2.05) is 24.3 Å². The molecule has 2 rings (SSSR count). The molecule has 0 fully saturated rings. The van der Waals surface area contributed by atoms with Crippen LogP contribution in [-0.2, 0) is 4.74 Å². The Morgan fingerprint density at radius 2 is 2.25 bits per heavy atom. The Hall–Kier alpha value is -1.75. The van der Waals surface area contributed by atoms with Crippen LogP contribution < -0.4 is 0 Å². The zero-order valence-corrected chi connectivity index (χ0v) is 9.50. The number of aromatic nitrogens is 2. The molecule has 1 N–H and O–H groups in total. The molecule has 1 aromatic carbocycles. The van der Waals surface area contributed by atoms with Gasteiger partial charge in [-0.3, -0.25) is 5.10 Å². The molecule has 0 atom stereocenters. The van der Waals surface area contributed by atoms with E-state index in [4.69, 9.17) is 17.0 Å². The number of hydrogen-bond acceptors (Lipinski definition) is 4. The highest BCUT2D eigenvalue weighted by Gasteiger charge is 2.12. The first-order valence-corrected chi connectivity index (χ1v) is 5.29. The Balaban J connectivity index is 2.61. The SMILES string of the molecule is CCOC(=O)c1n[nH]c2ccccc2c1=S. The molecule has 0 unspecified atom stereocenters. The number of H-pyrrole nitrogens is 1. The summed E-state index contributed by atoms with van der Waals surface area (Å²) < 4.78 is 5.29. The molecule has 0 radical (unpaired) electrons. The maximum absolute atomic E-state index is 11.5. The lowest BCUT2D eigenvalue weighted by molar-refractivity contribution is 0.0518. The van der Waals surface area contributed by atoms with Crippen LogP contribution in [0.1, 0.15) is 17.4 Å². The van der Waals surface area contributed by atoms with E-state index in [2.05, 4.69) is 10.2 Å². The lowest BCUT2D eigenvalue weighted by Crippen LogP contribution is -2.09. The van der Waals surface area contributed by atoms with Crippen LogP contribution in [0, 0.1) is 4.51 Å². The summed E-state index contributed by atoms with van der Waals surface area (Å²) in [4.78, 5) is 11.5. The summed E-state index contributed by atoms with van der Waals surface area (Å²) in [5.74, 6) is -0.491. The number of nitrogens with zero attached hydrogens (tertiary/aromatic N) is 1. The van der Waals surface area contributed by atoms with E-state index < -0.39 is 5.97 Å². The largest absolute Gasteiger partial charge is 0.461 e. The first-order valence-electron chi connectivity index (χ1n) is 4.88. The van der Waals surface area contributed by atoms with Crippen LogP contribution in [0.5, 0.6) is 0 Å². The number of nitrogens with one attached hydrogen (secondary N) is 1. The fraction of sp³-hybridized carbons (Fsp3) is 0.182. The van der Waals surface area contributed by atoms with Gasteiger partial charge in [-0.1, -0.05) is 30.4 Å². The third-order valence-electron chi connectivity index (χ3n) is 2.14. The summed E-state index contributed by atoms with van der Waals surface area (Å²) in [7, 11) is 0. The summed E-state index contributed by atoms with van der Waals surface area (Å²) in [6, 6.07) is 7.44. The van der Waals surface area contributed by atoms with Crippen molar-refractivity contribution in [2.75, 3.05) is 6.61 Å². The number of carbonyl (C=O) groups excluding carboxylic acids is 1. The van der Waals surface area contributed by atoms with E-state index >= 15 is 0 Å². The molecule has 4 nitrogen and oxygen atoms in total. The van der Waals surface area contributed by atoms with Crippen molar-refractivity contribution in [3.63, 3.8) is 0 Å². The second-order valence-corrected chi connectivity index (χ2v) is 3.58. The van der Waals surface area contributed by atoms with Gasteiger partial charge in [0.2, 0.25) is 0 Å². The van der Waals surface area contributed by atoms with Crippen LogP contribution in [0.2, 0.25) is 0 Å². The first-order chi connectivity index (χ1) is 7.74. The second kappa shape index (κ2) is 4.40. The topological polar surface area (TPSA) is 55.0 Å². The lowest BCUT2D eigenvalue weighted by Gasteiger charge is -2.03. The standard InChI is InChI=1S/C11H10N2O2S/c1-2-15-11(14)9-10(16)7-5-3-4-6-8(7)12-13-9/h3-6H,2H2,1H3,(H,12,16). The Kier molecular flexibility index (Phi) is 2.96. The molecular formula is C11H10N2O2S. The molecule has 0 saturated heterocycles. The van der Waals surface area contributed by atoms with Gasteiger partial charge in [0.1, 0.15) is 0 Å². The molecule has 0 spiro atoms. The summed E-state index contributed by atoms with van der Waals surface area (Å²) in [5, 5.41) is 7.50. The van der Waals surface area contributed by atoms with E-state index in [-0.39, 0.29) is 5.69 Å².